The first kappa shape index (κ1) is 6.77. The number of carboxylic acid groups (broad SMARTS) is 1. The number of hydrogen-bond acceptors (Lipinski definition) is 4. The zero-order valence-corrected chi connectivity index (χ0v) is 6.09. The van der Waals surface area contributed by atoms with Crippen LogP contribution in [0.15, 0.2) is 15.7 Å². The third-order valence-electron chi connectivity index (χ3n) is 1.44. The summed E-state index contributed by atoms with van der Waals surface area (Å²) in [5.41, 5.74) is 0.0208. The number of aromatic carboxylic acids is 1. The molecule has 0 unspecified atom stereocenters. The summed E-state index contributed by atoms with van der Waals surface area (Å²) in [5.74, 6) is -0.936. The molecular weight excluding hydrogens is 166 g/mol. The quantitative estimate of drug-likeness (QED) is 0.647. The van der Waals surface area contributed by atoms with Crippen LogP contribution in [0.2, 0.25) is 0 Å². The molecule has 0 aliphatic heterocycles. The lowest BCUT2D eigenvalue weighted by Gasteiger charge is -1.93. The number of imidazole rings is 1. The van der Waals surface area contributed by atoms with Gasteiger partial charge in [0.25, 0.3) is 0 Å². The summed E-state index contributed by atoms with van der Waals surface area (Å²) < 4.78 is 9.95. The van der Waals surface area contributed by atoms with Crippen molar-refractivity contribution in [2.24, 2.45) is 7.05 Å². The van der Waals surface area contributed by atoms with Crippen LogP contribution in [0.3, 0.4) is 0 Å². The Labute approximate surface area is 65.6 Å². The highest BCUT2D eigenvalue weighted by atomic mass is 17.3. The maximum Gasteiger partial charge on any atom is 0.356 e. The summed E-state index contributed by atoms with van der Waals surface area (Å²) in [4.78, 5) is 15.3. The average Bonchev–Trinajstić information content (AvgIpc) is 2.75. The number of carboxylic acids is 1. The maximum atomic E-state index is 10.6. The lowest BCUT2D eigenvalue weighted by molar-refractivity contribution is 0.0686. The fourth-order valence-electron chi connectivity index (χ4n) is 0.885. The van der Waals surface area contributed by atoms with Crippen molar-refractivity contribution in [3.8, 4) is 5.82 Å². The van der Waals surface area contributed by atoms with Crippen molar-refractivity contribution in [2.45, 2.75) is 0 Å². The number of hydrogen-bond donors (Lipinski definition) is 1. The second-order valence-corrected chi connectivity index (χ2v) is 2.24. The lowest BCUT2D eigenvalue weighted by Crippen LogP contribution is -2.06. The molecule has 7 heteroatoms. The van der Waals surface area contributed by atoms with Gasteiger partial charge in [0.05, 0.1) is 11.2 Å². The van der Waals surface area contributed by atoms with E-state index in [1.54, 1.807) is 7.05 Å². The Morgan fingerprint density at radius 3 is 2.83 bits per heavy atom. The van der Waals surface area contributed by atoms with Gasteiger partial charge < -0.3 is 9.67 Å². The molecule has 64 valence electrons. The van der Waals surface area contributed by atoms with Gasteiger partial charge in [-0.1, -0.05) is 0 Å². The summed E-state index contributed by atoms with van der Waals surface area (Å²) in [6.07, 6.45) is 1.36. The van der Waals surface area contributed by atoms with Gasteiger partial charge in [-0.05, 0) is 0 Å². The highest BCUT2D eigenvalue weighted by Crippen LogP contribution is 2.14. The highest BCUT2D eigenvalue weighted by molar-refractivity contribution is 5.89. The zero-order chi connectivity index (χ0) is 8.72. The standard InChI is InChI=1S/C5H5N3O4/c1-7-2-6-4(8-11-12-8)3(7)5(9)10/h2H,1H3,(H,9,10). The minimum Gasteiger partial charge on any atom is -0.476 e. The van der Waals surface area contributed by atoms with Gasteiger partial charge in [-0.2, -0.15) is 0 Å². The van der Waals surface area contributed by atoms with Crippen LogP contribution in [-0.4, -0.2) is 25.5 Å². The van der Waals surface area contributed by atoms with Crippen LogP contribution < -0.4 is 0 Å². The molecule has 0 fully saturated rings. The molecule has 7 nitrogen and oxygen atoms in total. The van der Waals surface area contributed by atoms with Gasteiger partial charge >= 0.3 is 5.97 Å². The van der Waals surface area contributed by atoms with Gasteiger partial charge in [-0.25, -0.2) is 9.78 Å². The number of carbonyl (C=O) groups is 1. The van der Waals surface area contributed by atoms with Crippen molar-refractivity contribution < 1.29 is 19.3 Å². The molecule has 0 aliphatic rings. The van der Waals surface area contributed by atoms with E-state index in [9.17, 15) is 4.79 Å². The fourth-order valence-corrected chi connectivity index (χ4v) is 0.885. The highest BCUT2D eigenvalue weighted by Gasteiger charge is 2.23. The van der Waals surface area contributed by atoms with Gasteiger partial charge in [0, 0.05) is 7.05 Å². The van der Waals surface area contributed by atoms with E-state index < -0.39 is 5.97 Å². The van der Waals surface area contributed by atoms with E-state index in [0.29, 0.717) is 0 Å². The summed E-state index contributed by atoms with van der Waals surface area (Å²) in [6, 6.07) is 0. The van der Waals surface area contributed by atoms with Gasteiger partial charge in [-0.3, -0.25) is 0 Å². The van der Waals surface area contributed by atoms with E-state index in [0.717, 1.165) is 4.91 Å². The molecule has 0 aromatic carbocycles. The van der Waals surface area contributed by atoms with Crippen molar-refractivity contribution in [2.75, 3.05) is 0 Å². The van der Waals surface area contributed by atoms with Crippen molar-refractivity contribution in [1.29, 1.82) is 0 Å². The van der Waals surface area contributed by atoms with Crippen LogP contribution in [0.5, 0.6) is 0 Å². The van der Waals surface area contributed by atoms with Gasteiger partial charge in [-0.15, -0.1) is 9.36 Å². The predicted molar refractivity (Wildman–Crippen MR) is 34.0 cm³/mol. The average molecular weight is 171 g/mol. The normalized spacial score (nSPS) is 10.8. The summed E-state index contributed by atoms with van der Waals surface area (Å²) in [6.45, 7) is 0. The third-order valence-corrected chi connectivity index (χ3v) is 1.44. The van der Waals surface area contributed by atoms with Crippen molar-refractivity contribution in [3.05, 3.63) is 12.0 Å². The Balaban J connectivity index is 2.56. The first-order valence-electron chi connectivity index (χ1n) is 3.09. The minimum absolute atomic E-state index is 0.0208. The molecule has 0 atom stereocenters. The monoisotopic (exact) mass is 171 g/mol. The molecule has 0 spiro atoms. The van der Waals surface area contributed by atoms with E-state index >= 15 is 0 Å². The largest absolute Gasteiger partial charge is 0.476 e. The molecule has 0 saturated carbocycles. The third kappa shape index (κ3) is 0.831. The van der Waals surface area contributed by atoms with E-state index in [-0.39, 0.29) is 11.5 Å². The number of rotatable bonds is 2. The molecule has 2 aromatic heterocycles. The molecule has 1 N–H and O–H groups in total. The van der Waals surface area contributed by atoms with E-state index in [1.807, 2.05) is 0 Å². The second kappa shape index (κ2) is 2.03. The summed E-state index contributed by atoms with van der Waals surface area (Å²) in [5, 5.41) is 8.71. The predicted octanol–water partition coefficient (Wildman–Crippen LogP) is 0.0950. The van der Waals surface area contributed by atoms with E-state index in [2.05, 4.69) is 14.3 Å². The molecule has 0 bridgehead atoms. The molecular formula is C5H5N3O4. The zero-order valence-electron chi connectivity index (χ0n) is 6.09. The Morgan fingerprint density at radius 2 is 2.33 bits per heavy atom. The Kier molecular flexibility index (Phi) is 1.15. The molecule has 12 heavy (non-hydrogen) atoms. The van der Waals surface area contributed by atoms with Crippen LogP contribution in [0.25, 0.3) is 5.82 Å². The molecule has 2 rings (SSSR count). The number of aromatic nitrogens is 3. The Hall–Kier alpha value is -1.92. The molecule has 0 amide bonds. The van der Waals surface area contributed by atoms with Crippen molar-refractivity contribution >= 4 is 5.97 Å². The molecule has 2 heterocycles. The topological polar surface area (TPSA) is 86.3 Å². The molecule has 0 aliphatic carbocycles. The number of nitrogens with zero attached hydrogens (tertiary/aromatic N) is 3. The van der Waals surface area contributed by atoms with Crippen LogP contribution in [0.1, 0.15) is 10.5 Å². The fraction of sp³-hybridized carbons (Fsp3) is 0.200. The van der Waals surface area contributed by atoms with Crippen LogP contribution in [0, 0.1) is 0 Å². The lowest BCUT2D eigenvalue weighted by atomic mass is 10.4. The van der Waals surface area contributed by atoms with Crippen LogP contribution in [0.4, 0.5) is 0 Å². The van der Waals surface area contributed by atoms with Crippen molar-refractivity contribution in [1.82, 2.24) is 14.5 Å². The van der Waals surface area contributed by atoms with Crippen molar-refractivity contribution in [3.63, 3.8) is 0 Å². The van der Waals surface area contributed by atoms with E-state index in [1.165, 1.54) is 10.9 Å². The molecule has 0 saturated heterocycles. The Bertz CT molecular complexity index is 395. The SMILES string of the molecule is Cn1cnc(-n2oo2)c1C(=O)O. The van der Waals surface area contributed by atoms with Crippen LogP contribution >= 0.6 is 0 Å². The van der Waals surface area contributed by atoms with Gasteiger partial charge in [0.2, 0.25) is 5.82 Å². The smallest absolute Gasteiger partial charge is 0.356 e. The first-order chi connectivity index (χ1) is 5.70. The van der Waals surface area contributed by atoms with Gasteiger partial charge in [0.15, 0.2) is 5.69 Å². The minimum atomic E-state index is -1.08. The second-order valence-electron chi connectivity index (χ2n) is 2.24. The maximum absolute atomic E-state index is 10.6. The summed E-state index contributed by atoms with van der Waals surface area (Å²) in [7, 11) is 1.57. The van der Waals surface area contributed by atoms with Gasteiger partial charge in [0.1, 0.15) is 0 Å². The van der Waals surface area contributed by atoms with Crippen LogP contribution in [-0.2, 0) is 7.05 Å². The molecule has 2 aromatic rings. The van der Waals surface area contributed by atoms with E-state index in [4.69, 9.17) is 5.11 Å². The first-order valence-corrected chi connectivity index (χ1v) is 3.09. The Morgan fingerprint density at radius 1 is 1.67 bits per heavy atom. The summed E-state index contributed by atoms with van der Waals surface area (Å²) >= 11 is 0. The molecule has 0 radical (unpaired) electrons. The number of aryl methyl sites for hydroxylation is 1.